The molecule has 0 spiro atoms. The minimum Gasteiger partial charge on any atom is -0.381 e. The molecule has 0 saturated carbocycles. The van der Waals surface area contributed by atoms with Crippen LogP contribution in [0.25, 0.3) is 0 Å². The third-order valence-corrected chi connectivity index (χ3v) is 5.78. The van der Waals surface area contributed by atoms with Gasteiger partial charge in [0.15, 0.2) is 5.96 Å². The van der Waals surface area contributed by atoms with Crippen LogP contribution in [0.3, 0.4) is 0 Å². The maximum Gasteiger partial charge on any atom is 0.194 e. The number of guanidine groups is 1. The fraction of sp³-hybridized carbons (Fsp3) is 0.708. The van der Waals surface area contributed by atoms with Gasteiger partial charge in [-0.05, 0) is 55.6 Å². The van der Waals surface area contributed by atoms with E-state index in [1.807, 2.05) is 0 Å². The van der Waals surface area contributed by atoms with E-state index in [0.29, 0.717) is 19.3 Å². The van der Waals surface area contributed by atoms with Crippen LogP contribution in [0.1, 0.15) is 57.6 Å². The molecule has 0 radical (unpaired) electrons. The van der Waals surface area contributed by atoms with Crippen molar-refractivity contribution in [3.05, 3.63) is 35.4 Å². The molecule has 2 saturated heterocycles. The average molecular weight is 530 g/mol. The zero-order valence-corrected chi connectivity index (χ0v) is 21.3. The molecule has 1 aromatic carbocycles. The Morgan fingerprint density at radius 1 is 1.23 bits per heavy atom. The van der Waals surface area contributed by atoms with Crippen LogP contribution in [0.2, 0.25) is 0 Å². The first-order chi connectivity index (χ1) is 14.1. The molecule has 1 unspecified atom stereocenters. The standard InChI is InChI=1S/C24H39N3O2.HI/c1-4-25-24(27-11-8-21(17-27)14-19(2)3)26-16-20-6-5-7-22(15-20)18-29-23-9-12-28-13-10-23;/h5-7,15,19,21,23H,4,8-14,16-18H2,1-3H3,(H,25,26);1H. The first-order valence-corrected chi connectivity index (χ1v) is 11.4. The highest BCUT2D eigenvalue weighted by Crippen LogP contribution is 2.23. The van der Waals surface area contributed by atoms with Gasteiger partial charge in [0.25, 0.3) is 0 Å². The Morgan fingerprint density at radius 2 is 2.00 bits per heavy atom. The Balaban J connectivity index is 0.00000320. The fourth-order valence-corrected chi connectivity index (χ4v) is 4.35. The molecule has 1 N–H and O–H groups in total. The molecule has 3 rings (SSSR count). The van der Waals surface area contributed by atoms with Crippen molar-refractivity contribution >= 4 is 29.9 Å². The van der Waals surface area contributed by atoms with E-state index in [9.17, 15) is 0 Å². The van der Waals surface area contributed by atoms with E-state index in [-0.39, 0.29) is 24.0 Å². The lowest BCUT2D eigenvalue weighted by molar-refractivity contribution is -0.0390. The monoisotopic (exact) mass is 529 g/mol. The smallest absolute Gasteiger partial charge is 0.194 e. The number of likely N-dealkylation sites (tertiary alicyclic amines) is 1. The number of hydrogen-bond donors (Lipinski definition) is 1. The van der Waals surface area contributed by atoms with Crippen LogP contribution in [-0.2, 0) is 22.6 Å². The van der Waals surface area contributed by atoms with Crippen molar-refractivity contribution < 1.29 is 9.47 Å². The normalized spacial score (nSPS) is 20.5. The van der Waals surface area contributed by atoms with Crippen LogP contribution >= 0.6 is 24.0 Å². The summed E-state index contributed by atoms with van der Waals surface area (Å²) in [7, 11) is 0. The molecule has 0 aromatic heterocycles. The predicted molar refractivity (Wildman–Crippen MR) is 134 cm³/mol. The molecule has 2 fully saturated rings. The first-order valence-electron chi connectivity index (χ1n) is 11.4. The van der Waals surface area contributed by atoms with Crippen LogP contribution in [0.5, 0.6) is 0 Å². The Hall–Kier alpha value is -0.860. The molecule has 30 heavy (non-hydrogen) atoms. The number of aliphatic imine (C=N–C) groups is 1. The quantitative estimate of drug-likeness (QED) is 0.298. The van der Waals surface area contributed by atoms with Crippen molar-refractivity contribution in [3.63, 3.8) is 0 Å². The van der Waals surface area contributed by atoms with E-state index in [0.717, 1.165) is 63.5 Å². The largest absolute Gasteiger partial charge is 0.381 e. The van der Waals surface area contributed by atoms with Crippen molar-refractivity contribution in [2.24, 2.45) is 16.8 Å². The molecule has 2 heterocycles. The van der Waals surface area contributed by atoms with Crippen LogP contribution in [0.4, 0.5) is 0 Å². The molecule has 0 bridgehead atoms. The number of hydrogen-bond acceptors (Lipinski definition) is 3. The third-order valence-electron chi connectivity index (χ3n) is 5.78. The summed E-state index contributed by atoms with van der Waals surface area (Å²) in [4.78, 5) is 7.38. The summed E-state index contributed by atoms with van der Waals surface area (Å²) in [6.45, 7) is 13.0. The summed E-state index contributed by atoms with van der Waals surface area (Å²) in [5.41, 5.74) is 2.47. The number of nitrogens with one attached hydrogen (secondary N) is 1. The van der Waals surface area contributed by atoms with Gasteiger partial charge in [-0.3, -0.25) is 0 Å². The van der Waals surface area contributed by atoms with Crippen LogP contribution in [0, 0.1) is 11.8 Å². The lowest BCUT2D eigenvalue weighted by Crippen LogP contribution is -2.40. The molecule has 5 nitrogen and oxygen atoms in total. The molecule has 170 valence electrons. The lowest BCUT2D eigenvalue weighted by Gasteiger charge is -2.22. The van der Waals surface area contributed by atoms with Gasteiger partial charge in [-0.1, -0.05) is 38.1 Å². The van der Waals surface area contributed by atoms with Crippen molar-refractivity contribution in [2.45, 2.75) is 65.7 Å². The van der Waals surface area contributed by atoms with E-state index < -0.39 is 0 Å². The second-order valence-corrected chi connectivity index (χ2v) is 8.84. The predicted octanol–water partition coefficient (Wildman–Crippen LogP) is 4.83. The highest BCUT2D eigenvalue weighted by Gasteiger charge is 2.25. The Bertz CT molecular complexity index is 647. The molecule has 2 aliphatic heterocycles. The fourth-order valence-electron chi connectivity index (χ4n) is 4.35. The molecular formula is C24H40IN3O2. The molecule has 1 atom stereocenters. The van der Waals surface area contributed by atoms with Gasteiger partial charge in [-0.2, -0.15) is 0 Å². The minimum atomic E-state index is 0. The van der Waals surface area contributed by atoms with Crippen molar-refractivity contribution in [1.29, 1.82) is 0 Å². The van der Waals surface area contributed by atoms with E-state index in [4.69, 9.17) is 14.5 Å². The Morgan fingerprint density at radius 3 is 2.73 bits per heavy atom. The van der Waals surface area contributed by atoms with E-state index in [2.05, 4.69) is 55.3 Å². The van der Waals surface area contributed by atoms with Crippen LogP contribution in [0.15, 0.2) is 29.3 Å². The molecular weight excluding hydrogens is 489 g/mol. The number of rotatable bonds is 8. The topological polar surface area (TPSA) is 46.1 Å². The highest BCUT2D eigenvalue weighted by molar-refractivity contribution is 14.0. The van der Waals surface area contributed by atoms with Gasteiger partial charge in [-0.25, -0.2) is 4.99 Å². The maximum absolute atomic E-state index is 6.08. The number of ether oxygens (including phenoxy) is 2. The van der Waals surface area contributed by atoms with Gasteiger partial charge in [-0.15, -0.1) is 24.0 Å². The van der Waals surface area contributed by atoms with E-state index >= 15 is 0 Å². The summed E-state index contributed by atoms with van der Waals surface area (Å²) in [5.74, 6) is 2.62. The van der Waals surface area contributed by atoms with Crippen LogP contribution < -0.4 is 5.32 Å². The van der Waals surface area contributed by atoms with Crippen molar-refractivity contribution in [3.8, 4) is 0 Å². The summed E-state index contributed by atoms with van der Waals surface area (Å²) >= 11 is 0. The van der Waals surface area contributed by atoms with E-state index in [1.54, 1.807) is 0 Å². The maximum atomic E-state index is 6.08. The molecule has 2 aliphatic rings. The Kier molecular flexibility index (Phi) is 11.5. The molecule has 0 aliphatic carbocycles. The summed E-state index contributed by atoms with van der Waals surface area (Å²) in [6, 6.07) is 8.66. The van der Waals surface area contributed by atoms with E-state index in [1.165, 1.54) is 24.0 Å². The SMILES string of the molecule is CCNC(=NCc1cccc(COC2CCOCC2)c1)N1CCC(CC(C)C)C1.I. The van der Waals surface area contributed by atoms with Gasteiger partial charge >= 0.3 is 0 Å². The Labute approximate surface area is 200 Å². The lowest BCUT2D eigenvalue weighted by atomic mass is 9.97. The van der Waals surface area contributed by atoms with Gasteiger partial charge in [0.05, 0.1) is 19.3 Å². The van der Waals surface area contributed by atoms with Gasteiger partial charge in [0.2, 0.25) is 0 Å². The highest BCUT2D eigenvalue weighted by atomic mass is 127. The summed E-state index contributed by atoms with van der Waals surface area (Å²) in [6.07, 6.45) is 4.93. The average Bonchev–Trinajstić information content (AvgIpc) is 3.18. The zero-order chi connectivity index (χ0) is 20.5. The molecule has 6 heteroatoms. The van der Waals surface area contributed by atoms with Gasteiger partial charge in [0.1, 0.15) is 0 Å². The van der Waals surface area contributed by atoms with Gasteiger partial charge in [0, 0.05) is 32.8 Å². The zero-order valence-electron chi connectivity index (χ0n) is 18.9. The number of nitrogens with zero attached hydrogens (tertiary/aromatic N) is 2. The summed E-state index contributed by atoms with van der Waals surface area (Å²) < 4.78 is 11.5. The first kappa shape index (κ1) is 25.4. The number of halogens is 1. The molecule has 1 aromatic rings. The minimum absolute atomic E-state index is 0. The number of benzene rings is 1. The summed E-state index contributed by atoms with van der Waals surface area (Å²) in [5, 5.41) is 3.49. The van der Waals surface area contributed by atoms with Gasteiger partial charge < -0.3 is 19.7 Å². The van der Waals surface area contributed by atoms with Crippen LogP contribution in [-0.4, -0.2) is 49.8 Å². The second kappa shape index (κ2) is 13.5. The van der Waals surface area contributed by atoms with Crippen molar-refractivity contribution in [2.75, 3.05) is 32.8 Å². The molecule has 0 amide bonds. The second-order valence-electron chi connectivity index (χ2n) is 8.84. The third kappa shape index (κ3) is 8.35. The van der Waals surface area contributed by atoms with Crippen molar-refractivity contribution in [1.82, 2.24) is 10.2 Å².